The van der Waals surface area contributed by atoms with E-state index in [9.17, 15) is 0 Å². The topological polar surface area (TPSA) is 0 Å². The fourth-order valence-electron chi connectivity index (χ4n) is 6.99. The predicted octanol–water partition coefficient (Wildman–Crippen LogP) is 8.16. The van der Waals surface area contributed by atoms with E-state index in [-0.39, 0.29) is 5.41 Å². The van der Waals surface area contributed by atoms with E-state index in [4.69, 9.17) is 0 Å². The zero-order chi connectivity index (χ0) is 20.7. The Balaban J connectivity index is 1.59. The lowest BCUT2D eigenvalue weighted by atomic mass is 9.63. The first kappa shape index (κ1) is 17.8. The summed E-state index contributed by atoms with van der Waals surface area (Å²) < 4.78 is 0. The van der Waals surface area contributed by atoms with Gasteiger partial charge in [0.1, 0.15) is 0 Å². The van der Waals surface area contributed by atoms with E-state index in [1.807, 2.05) is 0 Å². The molecule has 0 nitrogen and oxygen atoms in total. The van der Waals surface area contributed by atoms with Crippen LogP contribution in [0.3, 0.4) is 0 Å². The highest BCUT2D eigenvalue weighted by atomic mass is 14.4. The minimum Gasteiger partial charge on any atom is -0.0842 e. The molecule has 0 heteroatoms. The SMILES string of the molecule is CC1(C)C2=CCCc3c(C4C=CC=C5C=CCCC54)cc4ccc5cccc1c5c4c32. The van der Waals surface area contributed by atoms with Crippen LogP contribution in [0.5, 0.6) is 0 Å². The molecule has 0 radical (unpaired) electrons. The van der Waals surface area contributed by atoms with Crippen LogP contribution in [0.4, 0.5) is 0 Å². The van der Waals surface area contributed by atoms with Crippen molar-refractivity contribution in [2.75, 3.05) is 0 Å². The fraction of sp³-hybridized carbons (Fsp3) is 0.290. The zero-order valence-electron chi connectivity index (χ0n) is 18.4. The maximum absolute atomic E-state index is 2.56. The lowest BCUT2D eigenvalue weighted by Crippen LogP contribution is -2.27. The van der Waals surface area contributed by atoms with E-state index in [1.54, 1.807) is 22.3 Å². The molecule has 3 aromatic rings. The highest BCUT2D eigenvalue weighted by Crippen LogP contribution is 2.54. The van der Waals surface area contributed by atoms with Crippen LogP contribution in [0.2, 0.25) is 0 Å². The van der Waals surface area contributed by atoms with Gasteiger partial charge in [0.2, 0.25) is 0 Å². The quantitative estimate of drug-likeness (QED) is 0.361. The lowest BCUT2D eigenvalue weighted by Gasteiger charge is -2.41. The lowest BCUT2D eigenvalue weighted by molar-refractivity contribution is 0.504. The first-order valence-corrected chi connectivity index (χ1v) is 11.9. The van der Waals surface area contributed by atoms with Gasteiger partial charge in [-0.05, 0) is 86.5 Å². The third kappa shape index (κ3) is 2.26. The van der Waals surface area contributed by atoms with Crippen molar-refractivity contribution in [3.8, 4) is 0 Å². The van der Waals surface area contributed by atoms with Gasteiger partial charge in [-0.15, -0.1) is 0 Å². The van der Waals surface area contributed by atoms with E-state index in [2.05, 4.69) is 86.7 Å². The number of hydrogen-bond acceptors (Lipinski definition) is 0. The predicted molar refractivity (Wildman–Crippen MR) is 133 cm³/mol. The molecule has 4 aliphatic rings. The minimum atomic E-state index is 0.0512. The van der Waals surface area contributed by atoms with Crippen LogP contribution in [0.15, 0.2) is 78.4 Å². The highest BCUT2D eigenvalue weighted by Gasteiger charge is 2.38. The van der Waals surface area contributed by atoms with Crippen molar-refractivity contribution in [2.45, 2.75) is 50.9 Å². The third-order valence-corrected chi connectivity index (χ3v) is 8.43. The second-order valence-corrected chi connectivity index (χ2v) is 10.3. The van der Waals surface area contributed by atoms with E-state index in [1.165, 1.54) is 51.9 Å². The molecule has 7 rings (SSSR count). The van der Waals surface area contributed by atoms with Crippen molar-refractivity contribution < 1.29 is 0 Å². The van der Waals surface area contributed by atoms with Gasteiger partial charge in [0.15, 0.2) is 0 Å². The monoisotopic (exact) mass is 400 g/mol. The normalized spacial score (nSPS) is 25.0. The largest absolute Gasteiger partial charge is 0.0842 e. The van der Waals surface area contributed by atoms with Gasteiger partial charge in [-0.2, -0.15) is 0 Å². The third-order valence-electron chi connectivity index (χ3n) is 8.43. The van der Waals surface area contributed by atoms with Gasteiger partial charge in [0, 0.05) is 11.3 Å². The highest BCUT2D eigenvalue weighted by molar-refractivity contribution is 6.18. The summed E-state index contributed by atoms with van der Waals surface area (Å²) in [6, 6.07) is 14.2. The second kappa shape index (κ2) is 6.10. The Kier molecular flexibility index (Phi) is 3.50. The van der Waals surface area contributed by atoms with E-state index < -0.39 is 0 Å². The Morgan fingerprint density at radius 1 is 0.968 bits per heavy atom. The molecule has 0 amide bonds. The molecule has 4 aliphatic carbocycles. The van der Waals surface area contributed by atoms with Crippen molar-refractivity contribution in [2.24, 2.45) is 5.92 Å². The molecule has 152 valence electrons. The average Bonchev–Trinajstić information content (AvgIpc) is 2.81. The Hall–Kier alpha value is -2.86. The molecule has 0 aliphatic heterocycles. The average molecular weight is 401 g/mol. The van der Waals surface area contributed by atoms with Gasteiger partial charge < -0.3 is 0 Å². The molecule has 0 N–H and O–H groups in total. The Morgan fingerprint density at radius 3 is 2.81 bits per heavy atom. The Bertz CT molecular complexity index is 1400. The van der Waals surface area contributed by atoms with Gasteiger partial charge in [-0.1, -0.05) is 86.7 Å². The van der Waals surface area contributed by atoms with Crippen LogP contribution >= 0.6 is 0 Å². The maximum atomic E-state index is 2.56. The van der Waals surface area contributed by atoms with Crippen LogP contribution in [0, 0.1) is 5.92 Å². The number of fused-ring (bicyclic) bond motifs is 1. The number of allylic oxidation sites excluding steroid dienone is 8. The summed E-state index contributed by atoms with van der Waals surface area (Å²) in [5.41, 5.74) is 9.42. The molecule has 0 saturated carbocycles. The Labute approximate surface area is 184 Å². The van der Waals surface area contributed by atoms with Gasteiger partial charge in [0.25, 0.3) is 0 Å². The fourth-order valence-corrected chi connectivity index (χ4v) is 6.99. The van der Waals surface area contributed by atoms with Gasteiger partial charge in [-0.3, -0.25) is 0 Å². The van der Waals surface area contributed by atoms with E-state index in [0.29, 0.717) is 11.8 Å². The van der Waals surface area contributed by atoms with Crippen LogP contribution in [0.1, 0.15) is 61.3 Å². The molecular weight excluding hydrogens is 372 g/mol. The van der Waals surface area contributed by atoms with E-state index >= 15 is 0 Å². The van der Waals surface area contributed by atoms with Crippen molar-refractivity contribution in [3.63, 3.8) is 0 Å². The summed E-state index contributed by atoms with van der Waals surface area (Å²) in [6.07, 6.45) is 19.2. The molecule has 0 fully saturated rings. The minimum absolute atomic E-state index is 0.0512. The van der Waals surface area contributed by atoms with Gasteiger partial charge >= 0.3 is 0 Å². The maximum Gasteiger partial charge on any atom is 0.0156 e. The number of rotatable bonds is 1. The molecular formula is C31H28. The summed E-state index contributed by atoms with van der Waals surface area (Å²) in [4.78, 5) is 0. The summed E-state index contributed by atoms with van der Waals surface area (Å²) in [5.74, 6) is 1.12. The van der Waals surface area contributed by atoms with E-state index in [0.717, 1.165) is 6.42 Å². The van der Waals surface area contributed by atoms with Crippen molar-refractivity contribution in [3.05, 3.63) is 101 Å². The van der Waals surface area contributed by atoms with Crippen LogP contribution in [0.25, 0.3) is 27.1 Å². The summed E-state index contributed by atoms with van der Waals surface area (Å²) in [5, 5.41) is 5.81. The summed E-state index contributed by atoms with van der Waals surface area (Å²) in [6.45, 7) is 4.87. The first-order chi connectivity index (χ1) is 15.1. The Morgan fingerprint density at radius 2 is 1.87 bits per heavy atom. The standard InChI is InChI=1S/C31H28/c1-31(2)26-14-6-10-20-16-17-21-18-25(23-12-5-9-19-8-3-4-11-22(19)23)24-13-7-15-27(31)30(24)29(21)28(20)26/h3,5-6,8-10,12,14-18,22-23H,4,7,11,13H2,1-2H3. The van der Waals surface area contributed by atoms with Crippen LogP contribution in [-0.2, 0) is 11.8 Å². The number of hydrogen-bond donors (Lipinski definition) is 0. The van der Waals surface area contributed by atoms with Gasteiger partial charge in [0.05, 0.1) is 0 Å². The van der Waals surface area contributed by atoms with Crippen molar-refractivity contribution in [1.29, 1.82) is 0 Å². The molecule has 0 heterocycles. The second-order valence-electron chi connectivity index (χ2n) is 10.3. The molecule has 0 aromatic heterocycles. The zero-order valence-corrected chi connectivity index (χ0v) is 18.4. The van der Waals surface area contributed by atoms with Gasteiger partial charge in [-0.25, -0.2) is 0 Å². The van der Waals surface area contributed by atoms with Crippen LogP contribution < -0.4 is 0 Å². The van der Waals surface area contributed by atoms with Crippen molar-refractivity contribution in [1.82, 2.24) is 0 Å². The van der Waals surface area contributed by atoms with Crippen molar-refractivity contribution >= 4 is 27.1 Å². The molecule has 0 spiro atoms. The smallest absolute Gasteiger partial charge is 0.0156 e. The molecule has 0 bridgehead atoms. The molecule has 0 saturated heterocycles. The molecule has 2 atom stereocenters. The molecule has 31 heavy (non-hydrogen) atoms. The summed E-state index contributed by atoms with van der Waals surface area (Å²) >= 11 is 0. The first-order valence-electron chi connectivity index (χ1n) is 11.9. The summed E-state index contributed by atoms with van der Waals surface area (Å²) in [7, 11) is 0. The number of benzene rings is 3. The van der Waals surface area contributed by atoms with Crippen LogP contribution in [-0.4, -0.2) is 0 Å². The molecule has 3 aromatic carbocycles. The molecule has 2 unspecified atom stereocenters.